The Labute approximate surface area is 108 Å². The Balaban J connectivity index is 3.27. The van der Waals surface area contributed by atoms with Gasteiger partial charge in [-0.25, -0.2) is 4.79 Å². The first-order valence-electron chi connectivity index (χ1n) is 6.32. The Hall–Kier alpha value is -1.30. The molecular weight excluding hydrogens is 236 g/mol. The summed E-state index contributed by atoms with van der Waals surface area (Å²) in [6.45, 7) is 2.98. The van der Waals surface area contributed by atoms with Crippen LogP contribution in [0.4, 0.5) is 4.79 Å². The number of carbonyl (C=O) groups is 2. The molecule has 0 fully saturated rings. The summed E-state index contributed by atoms with van der Waals surface area (Å²) in [5.74, 6) is -0.750. The first-order valence-corrected chi connectivity index (χ1v) is 6.32. The maximum atomic E-state index is 11.3. The lowest BCUT2D eigenvalue weighted by atomic mass is 10.1. The lowest BCUT2D eigenvalue weighted by molar-refractivity contribution is -0.137. The number of aliphatic carboxylic acids is 1. The molecule has 1 unspecified atom stereocenters. The molecule has 0 rings (SSSR count). The molecule has 3 N–H and O–H groups in total. The summed E-state index contributed by atoms with van der Waals surface area (Å²) in [5, 5.41) is 13.9. The first kappa shape index (κ1) is 16.7. The highest BCUT2D eigenvalue weighted by Crippen LogP contribution is 2.01. The van der Waals surface area contributed by atoms with E-state index >= 15 is 0 Å². The number of nitrogens with one attached hydrogen (secondary N) is 2. The number of ether oxygens (including phenoxy) is 1. The number of amides is 2. The van der Waals surface area contributed by atoms with Gasteiger partial charge in [0.25, 0.3) is 0 Å². The van der Waals surface area contributed by atoms with E-state index in [4.69, 9.17) is 9.84 Å². The molecule has 0 aliphatic carbocycles. The van der Waals surface area contributed by atoms with Gasteiger partial charge in [0.15, 0.2) is 0 Å². The highest BCUT2D eigenvalue weighted by molar-refractivity contribution is 5.73. The van der Waals surface area contributed by atoms with E-state index in [1.54, 1.807) is 7.11 Å². The van der Waals surface area contributed by atoms with E-state index < -0.39 is 5.97 Å². The minimum atomic E-state index is -0.750. The Morgan fingerprint density at radius 2 is 1.83 bits per heavy atom. The van der Waals surface area contributed by atoms with Crippen molar-refractivity contribution in [1.82, 2.24) is 10.6 Å². The predicted molar refractivity (Wildman–Crippen MR) is 68.6 cm³/mol. The third-order valence-corrected chi connectivity index (χ3v) is 2.56. The molecule has 0 saturated heterocycles. The number of urea groups is 1. The zero-order valence-electron chi connectivity index (χ0n) is 11.2. The molecule has 18 heavy (non-hydrogen) atoms. The molecule has 0 aromatic heterocycles. The fraction of sp³-hybridized carbons (Fsp3) is 0.833. The molecule has 2 amide bonds. The van der Waals surface area contributed by atoms with Gasteiger partial charge in [-0.2, -0.15) is 0 Å². The van der Waals surface area contributed by atoms with Crippen LogP contribution in [-0.2, 0) is 9.53 Å². The van der Waals surface area contributed by atoms with Crippen LogP contribution in [0.1, 0.15) is 39.0 Å². The van der Waals surface area contributed by atoms with Crippen molar-refractivity contribution in [2.24, 2.45) is 0 Å². The zero-order valence-corrected chi connectivity index (χ0v) is 11.2. The molecule has 6 heteroatoms. The van der Waals surface area contributed by atoms with Crippen molar-refractivity contribution >= 4 is 12.0 Å². The van der Waals surface area contributed by atoms with E-state index in [2.05, 4.69) is 10.6 Å². The number of unbranched alkanes of at least 4 members (excludes halogenated alkanes) is 3. The predicted octanol–water partition coefficient (Wildman–Crippen LogP) is 1.36. The van der Waals surface area contributed by atoms with Crippen LogP contribution in [-0.4, -0.2) is 43.4 Å². The molecule has 0 heterocycles. The third kappa shape index (κ3) is 11.2. The van der Waals surface area contributed by atoms with Gasteiger partial charge >= 0.3 is 12.0 Å². The Morgan fingerprint density at radius 1 is 1.17 bits per heavy atom. The Bertz CT molecular complexity index is 246. The number of carboxylic acid groups (broad SMARTS) is 1. The average molecular weight is 260 g/mol. The van der Waals surface area contributed by atoms with Crippen molar-refractivity contribution in [3.05, 3.63) is 0 Å². The summed E-state index contributed by atoms with van der Waals surface area (Å²) in [6, 6.07) is -0.190. The molecule has 0 bridgehead atoms. The van der Waals surface area contributed by atoms with Gasteiger partial charge in [-0.1, -0.05) is 12.8 Å². The van der Waals surface area contributed by atoms with Crippen molar-refractivity contribution < 1.29 is 19.4 Å². The van der Waals surface area contributed by atoms with E-state index in [0.29, 0.717) is 19.5 Å². The molecular formula is C12H24N2O4. The second-order valence-corrected chi connectivity index (χ2v) is 4.24. The van der Waals surface area contributed by atoms with Crippen molar-refractivity contribution in [2.45, 2.75) is 45.1 Å². The van der Waals surface area contributed by atoms with E-state index in [1.165, 1.54) is 0 Å². The second kappa shape index (κ2) is 10.8. The Morgan fingerprint density at radius 3 is 2.44 bits per heavy atom. The molecule has 6 nitrogen and oxygen atoms in total. The van der Waals surface area contributed by atoms with Gasteiger partial charge in [0, 0.05) is 26.6 Å². The summed E-state index contributed by atoms with van der Waals surface area (Å²) in [6.07, 6.45) is 3.62. The maximum Gasteiger partial charge on any atom is 0.314 e. The van der Waals surface area contributed by atoms with E-state index in [9.17, 15) is 9.59 Å². The summed E-state index contributed by atoms with van der Waals surface area (Å²) >= 11 is 0. The van der Waals surface area contributed by atoms with Crippen LogP contribution in [0, 0.1) is 0 Å². The van der Waals surface area contributed by atoms with Crippen molar-refractivity contribution in [1.29, 1.82) is 0 Å². The normalized spacial score (nSPS) is 11.9. The van der Waals surface area contributed by atoms with Crippen molar-refractivity contribution in [3.8, 4) is 0 Å². The van der Waals surface area contributed by atoms with Crippen LogP contribution in [0.5, 0.6) is 0 Å². The van der Waals surface area contributed by atoms with Gasteiger partial charge in [0.1, 0.15) is 0 Å². The van der Waals surface area contributed by atoms with Gasteiger partial charge in [-0.3, -0.25) is 4.79 Å². The van der Waals surface area contributed by atoms with Crippen molar-refractivity contribution in [2.75, 3.05) is 20.2 Å². The van der Waals surface area contributed by atoms with Gasteiger partial charge in [-0.15, -0.1) is 0 Å². The largest absolute Gasteiger partial charge is 0.481 e. The number of methoxy groups -OCH3 is 1. The quantitative estimate of drug-likeness (QED) is 0.517. The fourth-order valence-corrected chi connectivity index (χ4v) is 1.34. The van der Waals surface area contributed by atoms with Crippen LogP contribution in [0.15, 0.2) is 0 Å². The first-order chi connectivity index (χ1) is 8.56. The van der Waals surface area contributed by atoms with E-state index in [-0.39, 0.29) is 18.6 Å². The molecule has 0 radical (unpaired) electrons. The minimum absolute atomic E-state index is 0.00627. The molecule has 0 saturated carbocycles. The van der Waals surface area contributed by atoms with Crippen LogP contribution in [0.25, 0.3) is 0 Å². The number of carboxylic acids is 1. The number of hydrogen-bond acceptors (Lipinski definition) is 3. The smallest absolute Gasteiger partial charge is 0.314 e. The fourth-order valence-electron chi connectivity index (χ4n) is 1.34. The Kier molecular flexibility index (Phi) is 10.0. The van der Waals surface area contributed by atoms with Gasteiger partial charge in [0.2, 0.25) is 0 Å². The summed E-state index contributed by atoms with van der Waals surface area (Å²) in [5.41, 5.74) is 0. The molecule has 0 aliphatic heterocycles. The summed E-state index contributed by atoms with van der Waals surface area (Å²) in [4.78, 5) is 21.5. The SMILES string of the molecule is COC(C)CNC(=O)NCCCCCCC(=O)O. The lowest BCUT2D eigenvalue weighted by Crippen LogP contribution is -2.39. The third-order valence-electron chi connectivity index (χ3n) is 2.56. The molecule has 0 spiro atoms. The zero-order chi connectivity index (χ0) is 13.8. The maximum absolute atomic E-state index is 11.3. The van der Waals surface area contributed by atoms with Crippen molar-refractivity contribution in [3.63, 3.8) is 0 Å². The van der Waals surface area contributed by atoms with Gasteiger partial charge in [-0.05, 0) is 19.8 Å². The molecule has 0 aromatic rings. The van der Waals surface area contributed by atoms with Crippen LogP contribution < -0.4 is 10.6 Å². The van der Waals surface area contributed by atoms with Gasteiger partial charge < -0.3 is 20.5 Å². The summed E-state index contributed by atoms with van der Waals surface area (Å²) in [7, 11) is 1.60. The molecule has 0 aliphatic rings. The van der Waals surface area contributed by atoms with Crippen LogP contribution in [0.2, 0.25) is 0 Å². The number of carbonyl (C=O) groups excluding carboxylic acids is 1. The van der Waals surface area contributed by atoms with Crippen LogP contribution >= 0.6 is 0 Å². The second-order valence-electron chi connectivity index (χ2n) is 4.24. The molecule has 106 valence electrons. The van der Waals surface area contributed by atoms with E-state index in [0.717, 1.165) is 19.3 Å². The van der Waals surface area contributed by atoms with E-state index in [1.807, 2.05) is 6.92 Å². The number of rotatable bonds is 10. The lowest BCUT2D eigenvalue weighted by Gasteiger charge is -2.11. The topological polar surface area (TPSA) is 87.7 Å². The highest BCUT2D eigenvalue weighted by atomic mass is 16.5. The molecule has 1 atom stereocenters. The minimum Gasteiger partial charge on any atom is -0.481 e. The molecule has 0 aromatic carbocycles. The standard InChI is InChI=1S/C12H24N2O4/c1-10(18-2)9-14-12(17)13-8-6-4-3-5-7-11(15)16/h10H,3-9H2,1-2H3,(H,15,16)(H2,13,14,17). The monoisotopic (exact) mass is 260 g/mol. The highest BCUT2D eigenvalue weighted by Gasteiger charge is 2.03. The number of hydrogen-bond donors (Lipinski definition) is 3. The summed E-state index contributed by atoms with van der Waals surface area (Å²) < 4.78 is 5.00. The average Bonchev–Trinajstić information content (AvgIpc) is 2.34. The van der Waals surface area contributed by atoms with Crippen LogP contribution in [0.3, 0.4) is 0 Å². The van der Waals surface area contributed by atoms with Gasteiger partial charge in [0.05, 0.1) is 6.10 Å².